The molecule has 1 aromatic carbocycles. The number of aryl methyl sites for hydroxylation is 1. The van der Waals surface area contributed by atoms with E-state index in [0.29, 0.717) is 31.6 Å². The summed E-state index contributed by atoms with van der Waals surface area (Å²) in [6.45, 7) is 1.15. The van der Waals surface area contributed by atoms with Gasteiger partial charge in [-0.3, -0.25) is 4.79 Å². The van der Waals surface area contributed by atoms with Crippen LogP contribution in [0, 0.1) is 0 Å². The van der Waals surface area contributed by atoms with Crippen molar-refractivity contribution >= 4 is 21.6 Å². The zero-order chi connectivity index (χ0) is 17.7. The van der Waals surface area contributed by atoms with Gasteiger partial charge in [-0.15, -0.1) is 0 Å². The Hall–Kier alpha value is -2.12. The van der Waals surface area contributed by atoms with E-state index in [9.17, 15) is 13.2 Å². The second-order valence-corrected chi connectivity index (χ2v) is 8.05. The van der Waals surface area contributed by atoms with Gasteiger partial charge in [-0.2, -0.15) is 4.31 Å². The summed E-state index contributed by atoms with van der Waals surface area (Å²) in [6, 6.07) is 9.96. The fraction of sp³-hybridized carbons (Fsp3) is 0.389. The largest absolute Gasteiger partial charge is 0.469 e. The summed E-state index contributed by atoms with van der Waals surface area (Å²) in [4.78, 5) is 12.2. The third-order valence-electron chi connectivity index (χ3n) is 4.27. The van der Waals surface area contributed by atoms with Crippen LogP contribution in [0.4, 0.5) is 5.69 Å². The monoisotopic (exact) mass is 362 g/mol. The maximum Gasteiger partial charge on any atom is 0.243 e. The van der Waals surface area contributed by atoms with E-state index >= 15 is 0 Å². The maximum atomic E-state index is 12.6. The number of nitrogens with zero attached hydrogens (tertiary/aromatic N) is 1. The van der Waals surface area contributed by atoms with E-state index in [1.807, 2.05) is 6.07 Å². The molecule has 1 aliphatic rings. The summed E-state index contributed by atoms with van der Waals surface area (Å²) >= 11 is 0. The van der Waals surface area contributed by atoms with Crippen molar-refractivity contribution in [1.29, 1.82) is 0 Å². The minimum atomic E-state index is -3.44. The molecule has 0 saturated carbocycles. The number of hydrogen-bond donors (Lipinski definition) is 1. The molecule has 2 aromatic rings. The second-order valence-electron chi connectivity index (χ2n) is 6.12. The van der Waals surface area contributed by atoms with Crippen LogP contribution in [0.3, 0.4) is 0 Å². The average Bonchev–Trinajstić information content (AvgIpc) is 3.15. The van der Waals surface area contributed by atoms with Gasteiger partial charge in [0.05, 0.1) is 11.2 Å². The number of hydrogen-bond acceptors (Lipinski definition) is 4. The van der Waals surface area contributed by atoms with Gasteiger partial charge in [-0.25, -0.2) is 8.42 Å². The highest BCUT2D eigenvalue weighted by Crippen LogP contribution is 2.22. The highest BCUT2D eigenvalue weighted by molar-refractivity contribution is 7.89. The lowest BCUT2D eigenvalue weighted by molar-refractivity contribution is -0.116. The number of anilines is 1. The molecule has 1 aromatic heterocycles. The number of sulfonamides is 1. The van der Waals surface area contributed by atoms with Crippen LogP contribution in [0.1, 0.15) is 31.4 Å². The van der Waals surface area contributed by atoms with Gasteiger partial charge in [0, 0.05) is 31.6 Å². The summed E-state index contributed by atoms with van der Waals surface area (Å²) < 4.78 is 31.9. The third-order valence-corrected chi connectivity index (χ3v) is 6.18. The molecule has 3 rings (SSSR count). The van der Waals surface area contributed by atoms with Crippen LogP contribution in [-0.4, -0.2) is 31.7 Å². The molecule has 2 heterocycles. The summed E-state index contributed by atoms with van der Waals surface area (Å²) in [5, 5.41) is 2.77. The van der Waals surface area contributed by atoms with Gasteiger partial charge >= 0.3 is 0 Å². The molecule has 0 aliphatic carbocycles. The summed E-state index contributed by atoms with van der Waals surface area (Å²) in [5.41, 5.74) is 0.585. The first kappa shape index (κ1) is 17.7. The fourth-order valence-electron chi connectivity index (χ4n) is 2.88. The Kier molecular flexibility index (Phi) is 5.55. The number of nitrogens with one attached hydrogen (secondary N) is 1. The molecule has 6 nitrogen and oxygen atoms in total. The highest BCUT2D eigenvalue weighted by Gasteiger charge is 2.25. The van der Waals surface area contributed by atoms with E-state index in [2.05, 4.69) is 5.32 Å². The van der Waals surface area contributed by atoms with Gasteiger partial charge < -0.3 is 9.73 Å². The van der Waals surface area contributed by atoms with Crippen molar-refractivity contribution < 1.29 is 17.6 Å². The van der Waals surface area contributed by atoms with Crippen molar-refractivity contribution in [2.45, 2.75) is 37.0 Å². The number of carbonyl (C=O) groups excluding carboxylic acids is 1. The van der Waals surface area contributed by atoms with E-state index in [0.717, 1.165) is 25.0 Å². The summed E-state index contributed by atoms with van der Waals surface area (Å²) in [5.74, 6) is 0.626. The van der Waals surface area contributed by atoms with Crippen molar-refractivity contribution in [3.8, 4) is 0 Å². The minimum absolute atomic E-state index is 0.136. The molecule has 1 saturated heterocycles. The average molecular weight is 362 g/mol. The molecule has 7 heteroatoms. The first-order valence-electron chi connectivity index (χ1n) is 8.48. The van der Waals surface area contributed by atoms with Crippen LogP contribution in [0.2, 0.25) is 0 Å². The van der Waals surface area contributed by atoms with Crippen molar-refractivity contribution in [3.63, 3.8) is 0 Å². The molecule has 1 amide bonds. The van der Waals surface area contributed by atoms with E-state index in [1.165, 1.54) is 4.31 Å². The molecule has 0 radical (unpaired) electrons. The van der Waals surface area contributed by atoms with Crippen molar-refractivity contribution in [3.05, 3.63) is 48.4 Å². The van der Waals surface area contributed by atoms with Gasteiger partial charge in [-0.05, 0) is 49.2 Å². The second kappa shape index (κ2) is 7.84. The van der Waals surface area contributed by atoms with E-state index in [4.69, 9.17) is 4.42 Å². The number of benzene rings is 1. The van der Waals surface area contributed by atoms with Crippen LogP contribution in [0.25, 0.3) is 0 Å². The molecule has 1 fully saturated rings. The first-order valence-corrected chi connectivity index (χ1v) is 9.92. The van der Waals surface area contributed by atoms with Gasteiger partial charge in [0.1, 0.15) is 5.76 Å². The van der Waals surface area contributed by atoms with Crippen molar-refractivity contribution in [2.24, 2.45) is 0 Å². The maximum absolute atomic E-state index is 12.6. The van der Waals surface area contributed by atoms with Crippen molar-refractivity contribution in [2.75, 3.05) is 18.4 Å². The first-order chi connectivity index (χ1) is 12.1. The number of amides is 1. The number of furan rings is 1. The Morgan fingerprint density at radius 1 is 1.08 bits per heavy atom. The van der Waals surface area contributed by atoms with Gasteiger partial charge in [0.25, 0.3) is 0 Å². The van der Waals surface area contributed by atoms with Gasteiger partial charge in [0.2, 0.25) is 15.9 Å². The number of rotatable bonds is 6. The lowest BCUT2D eigenvalue weighted by Crippen LogP contribution is -2.35. The van der Waals surface area contributed by atoms with Crippen LogP contribution in [0.5, 0.6) is 0 Å². The molecule has 0 bridgehead atoms. The molecule has 1 aliphatic heterocycles. The van der Waals surface area contributed by atoms with Crippen LogP contribution >= 0.6 is 0 Å². The predicted molar refractivity (Wildman–Crippen MR) is 94.7 cm³/mol. The molecular formula is C18H22N2O4S. The van der Waals surface area contributed by atoms with Gasteiger partial charge in [0.15, 0.2) is 0 Å². The third kappa shape index (κ3) is 4.49. The van der Waals surface area contributed by atoms with Crippen molar-refractivity contribution in [1.82, 2.24) is 4.31 Å². The number of piperidine rings is 1. The highest BCUT2D eigenvalue weighted by atomic mass is 32.2. The summed E-state index contributed by atoms with van der Waals surface area (Å²) in [6.07, 6.45) is 5.30. The molecular weight excluding hydrogens is 340 g/mol. The Balaban J connectivity index is 1.58. The SMILES string of the molecule is O=C(CCc1ccco1)Nc1ccc(S(=O)(=O)N2CCCCC2)cc1. The lowest BCUT2D eigenvalue weighted by Gasteiger charge is -2.25. The molecule has 1 N–H and O–H groups in total. The molecule has 0 unspecified atom stereocenters. The van der Waals surface area contributed by atoms with Crippen LogP contribution in [0.15, 0.2) is 52.0 Å². The fourth-order valence-corrected chi connectivity index (χ4v) is 4.40. The molecule has 0 atom stereocenters. The topological polar surface area (TPSA) is 79.6 Å². The van der Waals surface area contributed by atoms with Gasteiger partial charge in [-0.1, -0.05) is 6.42 Å². The van der Waals surface area contributed by atoms with E-state index in [1.54, 1.807) is 36.6 Å². The Morgan fingerprint density at radius 3 is 2.44 bits per heavy atom. The molecule has 0 spiro atoms. The Morgan fingerprint density at radius 2 is 1.80 bits per heavy atom. The van der Waals surface area contributed by atoms with Crippen LogP contribution in [-0.2, 0) is 21.2 Å². The Bertz CT molecular complexity index is 792. The molecule has 25 heavy (non-hydrogen) atoms. The quantitative estimate of drug-likeness (QED) is 0.857. The minimum Gasteiger partial charge on any atom is -0.469 e. The lowest BCUT2D eigenvalue weighted by atomic mass is 10.2. The zero-order valence-electron chi connectivity index (χ0n) is 14.0. The summed E-state index contributed by atoms with van der Waals surface area (Å²) in [7, 11) is -3.44. The van der Waals surface area contributed by atoms with E-state index in [-0.39, 0.29) is 10.8 Å². The standard InChI is InChI=1S/C18H22N2O4S/c21-18(11-8-16-5-4-14-24-16)19-15-6-9-17(10-7-15)25(22,23)20-12-2-1-3-13-20/h4-7,9-10,14H,1-3,8,11-13H2,(H,19,21). The Labute approximate surface area is 147 Å². The van der Waals surface area contributed by atoms with Crippen LogP contribution < -0.4 is 5.32 Å². The van der Waals surface area contributed by atoms with E-state index < -0.39 is 10.0 Å². The number of carbonyl (C=O) groups is 1. The smallest absolute Gasteiger partial charge is 0.243 e. The zero-order valence-corrected chi connectivity index (χ0v) is 14.8. The predicted octanol–water partition coefficient (Wildman–Crippen LogP) is 3.03. The molecule has 134 valence electrons. The normalized spacial score (nSPS) is 15.8.